The molecule has 1 aliphatic heterocycles. The largest absolute Gasteiger partial charge is 0.359 e. The molecule has 0 spiro atoms. The normalized spacial score (nSPS) is 17.1. The summed E-state index contributed by atoms with van der Waals surface area (Å²) in [4.78, 5) is 2.29. The Morgan fingerprint density at radius 2 is 1.86 bits per heavy atom. The molecule has 0 bridgehead atoms. The summed E-state index contributed by atoms with van der Waals surface area (Å²) in [6, 6.07) is 5.80. The fraction of sp³-hybridized carbons (Fsp3) is 0.400. The van der Waals surface area contributed by atoms with Gasteiger partial charge in [0.1, 0.15) is 0 Å². The second-order valence-electron chi connectivity index (χ2n) is 3.43. The SMILES string of the molecule is Clc1cccc(N2CC[NH2+]CC2)c1Cl. The van der Waals surface area contributed by atoms with E-state index in [2.05, 4.69) is 10.2 Å². The zero-order chi connectivity index (χ0) is 9.97. The van der Waals surface area contributed by atoms with Crippen LogP contribution in [0.4, 0.5) is 5.69 Å². The highest BCUT2D eigenvalue weighted by molar-refractivity contribution is 6.43. The first-order chi connectivity index (χ1) is 6.79. The van der Waals surface area contributed by atoms with Crippen LogP contribution in [0.2, 0.25) is 10.0 Å². The van der Waals surface area contributed by atoms with E-state index < -0.39 is 0 Å². The van der Waals surface area contributed by atoms with Gasteiger partial charge in [-0.05, 0) is 12.1 Å². The molecule has 2 rings (SSSR count). The predicted octanol–water partition coefficient (Wildman–Crippen LogP) is 1.38. The summed E-state index contributed by atoms with van der Waals surface area (Å²) in [5.74, 6) is 0. The van der Waals surface area contributed by atoms with Crippen molar-refractivity contribution in [1.82, 2.24) is 0 Å². The number of quaternary nitrogens is 1. The Labute approximate surface area is 93.8 Å². The minimum atomic E-state index is 0.638. The zero-order valence-electron chi connectivity index (χ0n) is 7.84. The van der Waals surface area contributed by atoms with Gasteiger partial charge in [-0.3, -0.25) is 0 Å². The van der Waals surface area contributed by atoms with Crippen molar-refractivity contribution in [3.05, 3.63) is 28.2 Å². The Morgan fingerprint density at radius 1 is 1.14 bits per heavy atom. The third kappa shape index (κ3) is 1.97. The van der Waals surface area contributed by atoms with Crippen molar-refractivity contribution in [2.45, 2.75) is 0 Å². The lowest BCUT2D eigenvalue weighted by Gasteiger charge is -2.28. The lowest BCUT2D eigenvalue weighted by Crippen LogP contribution is -2.89. The number of rotatable bonds is 1. The van der Waals surface area contributed by atoms with Crippen molar-refractivity contribution in [1.29, 1.82) is 0 Å². The summed E-state index contributed by atoms with van der Waals surface area (Å²) in [7, 11) is 0. The van der Waals surface area contributed by atoms with E-state index in [9.17, 15) is 0 Å². The highest BCUT2D eigenvalue weighted by Gasteiger charge is 2.16. The minimum Gasteiger partial charge on any atom is -0.359 e. The molecule has 0 amide bonds. The van der Waals surface area contributed by atoms with Crippen LogP contribution < -0.4 is 10.2 Å². The van der Waals surface area contributed by atoms with E-state index in [1.807, 2.05) is 18.2 Å². The highest BCUT2D eigenvalue weighted by Crippen LogP contribution is 2.32. The molecule has 2 N–H and O–H groups in total. The van der Waals surface area contributed by atoms with Crippen LogP contribution in [0.5, 0.6) is 0 Å². The van der Waals surface area contributed by atoms with E-state index in [4.69, 9.17) is 23.2 Å². The molecule has 0 atom stereocenters. The Morgan fingerprint density at radius 3 is 2.57 bits per heavy atom. The van der Waals surface area contributed by atoms with Gasteiger partial charge in [-0.15, -0.1) is 0 Å². The van der Waals surface area contributed by atoms with Crippen LogP contribution in [-0.4, -0.2) is 26.2 Å². The summed E-state index contributed by atoms with van der Waals surface area (Å²) in [6.07, 6.45) is 0. The molecule has 1 aliphatic rings. The molecule has 1 saturated heterocycles. The molecule has 0 aliphatic carbocycles. The van der Waals surface area contributed by atoms with Crippen molar-refractivity contribution in [2.24, 2.45) is 0 Å². The molecule has 4 heteroatoms. The molecule has 0 unspecified atom stereocenters. The average Bonchev–Trinajstić information content (AvgIpc) is 2.23. The lowest BCUT2D eigenvalue weighted by atomic mass is 10.2. The van der Waals surface area contributed by atoms with Gasteiger partial charge in [-0.25, -0.2) is 0 Å². The summed E-state index contributed by atoms with van der Waals surface area (Å²) in [5, 5.41) is 3.63. The number of anilines is 1. The standard InChI is InChI=1S/C10H12Cl2N2/c11-8-2-1-3-9(10(8)12)14-6-4-13-5-7-14/h1-3,13H,4-7H2/p+1. The van der Waals surface area contributed by atoms with Crippen LogP contribution in [0.1, 0.15) is 0 Å². The third-order valence-electron chi connectivity index (χ3n) is 2.48. The molecular formula is C10H13Cl2N2+. The Bertz CT molecular complexity index is 322. The van der Waals surface area contributed by atoms with E-state index >= 15 is 0 Å². The first kappa shape index (κ1) is 10.1. The van der Waals surface area contributed by atoms with Gasteiger partial charge in [-0.1, -0.05) is 29.3 Å². The van der Waals surface area contributed by atoms with Gasteiger partial charge in [0.15, 0.2) is 0 Å². The van der Waals surface area contributed by atoms with Crippen LogP contribution in [0.3, 0.4) is 0 Å². The van der Waals surface area contributed by atoms with E-state index in [1.54, 1.807) is 0 Å². The van der Waals surface area contributed by atoms with Crippen LogP contribution in [0, 0.1) is 0 Å². The van der Waals surface area contributed by atoms with Gasteiger partial charge in [0.2, 0.25) is 0 Å². The molecule has 76 valence electrons. The summed E-state index contributed by atoms with van der Waals surface area (Å²) < 4.78 is 0. The topological polar surface area (TPSA) is 19.9 Å². The minimum absolute atomic E-state index is 0.638. The highest BCUT2D eigenvalue weighted by atomic mass is 35.5. The molecule has 2 nitrogen and oxygen atoms in total. The number of hydrogen-bond donors (Lipinski definition) is 1. The number of nitrogens with zero attached hydrogens (tertiary/aromatic N) is 1. The molecule has 1 aromatic carbocycles. The second-order valence-corrected chi connectivity index (χ2v) is 4.21. The van der Waals surface area contributed by atoms with E-state index in [1.165, 1.54) is 0 Å². The zero-order valence-corrected chi connectivity index (χ0v) is 9.35. The Kier molecular flexibility index (Phi) is 3.16. The molecule has 1 aromatic rings. The predicted molar refractivity (Wildman–Crippen MR) is 60.3 cm³/mol. The number of halogens is 2. The molecule has 0 saturated carbocycles. The van der Waals surface area contributed by atoms with Crippen molar-refractivity contribution in [3.63, 3.8) is 0 Å². The smallest absolute Gasteiger partial charge is 0.0934 e. The van der Waals surface area contributed by atoms with E-state index in [-0.39, 0.29) is 0 Å². The maximum Gasteiger partial charge on any atom is 0.0934 e. The molecule has 0 aromatic heterocycles. The first-order valence-corrected chi connectivity index (χ1v) is 5.55. The van der Waals surface area contributed by atoms with Crippen molar-refractivity contribution >= 4 is 28.9 Å². The lowest BCUT2D eigenvalue weighted by molar-refractivity contribution is -0.655. The summed E-state index contributed by atoms with van der Waals surface area (Å²) in [5.41, 5.74) is 1.06. The fourth-order valence-corrected chi connectivity index (χ4v) is 2.14. The number of hydrogen-bond acceptors (Lipinski definition) is 1. The Hall–Kier alpha value is -0.440. The quantitative estimate of drug-likeness (QED) is 0.775. The average molecular weight is 232 g/mol. The Balaban J connectivity index is 2.26. The molecule has 0 radical (unpaired) electrons. The van der Waals surface area contributed by atoms with Crippen LogP contribution in [0.25, 0.3) is 0 Å². The van der Waals surface area contributed by atoms with Gasteiger partial charge in [0, 0.05) is 0 Å². The molecule has 1 fully saturated rings. The summed E-state index contributed by atoms with van der Waals surface area (Å²) >= 11 is 12.1. The molecule has 14 heavy (non-hydrogen) atoms. The maximum atomic E-state index is 6.14. The first-order valence-electron chi connectivity index (χ1n) is 4.79. The van der Waals surface area contributed by atoms with Crippen LogP contribution in [0.15, 0.2) is 18.2 Å². The fourth-order valence-electron chi connectivity index (χ4n) is 1.73. The number of nitrogens with two attached hydrogens (primary N) is 1. The van der Waals surface area contributed by atoms with Crippen molar-refractivity contribution < 1.29 is 5.32 Å². The van der Waals surface area contributed by atoms with E-state index in [0.717, 1.165) is 31.9 Å². The van der Waals surface area contributed by atoms with Gasteiger partial charge in [0.25, 0.3) is 0 Å². The molecule has 1 heterocycles. The van der Waals surface area contributed by atoms with Crippen molar-refractivity contribution in [2.75, 3.05) is 31.1 Å². The van der Waals surface area contributed by atoms with Crippen LogP contribution >= 0.6 is 23.2 Å². The number of benzene rings is 1. The maximum absolute atomic E-state index is 6.14. The van der Waals surface area contributed by atoms with E-state index in [0.29, 0.717) is 10.0 Å². The van der Waals surface area contributed by atoms with Gasteiger partial charge < -0.3 is 10.2 Å². The summed E-state index contributed by atoms with van der Waals surface area (Å²) in [6.45, 7) is 4.34. The van der Waals surface area contributed by atoms with Gasteiger partial charge in [0.05, 0.1) is 41.9 Å². The van der Waals surface area contributed by atoms with Gasteiger partial charge in [-0.2, -0.15) is 0 Å². The monoisotopic (exact) mass is 231 g/mol. The van der Waals surface area contributed by atoms with Gasteiger partial charge >= 0.3 is 0 Å². The number of piperazine rings is 1. The van der Waals surface area contributed by atoms with Crippen LogP contribution in [-0.2, 0) is 0 Å². The molecular weight excluding hydrogens is 219 g/mol. The third-order valence-corrected chi connectivity index (χ3v) is 3.29. The second kappa shape index (κ2) is 4.39. The van der Waals surface area contributed by atoms with Crippen molar-refractivity contribution in [3.8, 4) is 0 Å².